The smallest absolute Gasteiger partial charge is 0.427 e. The van der Waals surface area contributed by atoms with Gasteiger partial charge in [-0.3, -0.25) is 4.79 Å². The number of unbranched alkanes of at least 4 members (excludes halogenated alkanes) is 1. The van der Waals surface area contributed by atoms with Gasteiger partial charge in [0.05, 0.1) is 6.04 Å². The Balaban J connectivity index is 0.00000484. The third-order valence-electron chi connectivity index (χ3n) is 3.61. The molecule has 0 radical (unpaired) electrons. The lowest BCUT2D eigenvalue weighted by Gasteiger charge is -2.18. The normalized spacial score (nSPS) is 12.9. The number of carbonyl (C=O) groups is 1. The Kier molecular flexibility index (Phi) is 11.7. The summed E-state index contributed by atoms with van der Waals surface area (Å²) in [5.74, 6) is -0.738. The highest BCUT2D eigenvalue weighted by molar-refractivity contribution is 6.43. The van der Waals surface area contributed by atoms with Crippen LogP contribution in [-0.4, -0.2) is 42.2 Å². The largest absolute Gasteiger partial charge is 0.456 e. The van der Waals surface area contributed by atoms with Crippen LogP contribution in [0.2, 0.25) is 5.82 Å². The number of carbonyl (C=O) groups excluding carboxylic acids is 1. The van der Waals surface area contributed by atoms with Gasteiger partial charge < -0.3 is 26.8 Å². The van der Waals surface area contributed by atoms with Crippen molar-refractivity contribution in [3.8, 4) is 0 Å². The molecule has 0 heterocycles. The van der Waals surface area contributed by atoms with E-state index in [1.807, 2.05) is 30.3 Å². The molecule has 130 valence electrons. The minimum absolute atomic E-state index is 0. The van der Waals surface area contributed by atoms with Crippen LogP contribution in [0.1, 0.15) is 24.8 Å². The number of benzene rings is 1. The van der Waals surface area contributed by atoms with Crippen LogP contribution < -0.4 is 16.8 Å². The predicted octanol–water partition coefficient (Wildman–Crippen LogP) is 0.0664. The summed E-state index contributed by atoms with van der Waals surface area (Å²) in [6.07, 6.45) is 2.70. The average Bonchev–Trinajstić information content (AvgIpc) is 2.51. The first-order valence-electron chi connectivity index (χ1n) is 7.68. The van der Waals surface area contributed by atoms with E-state index in [0.717, 1.165) is 18.4 Å². The van der Waals surface area contributed by atoms with Crippen molar-refractivity contribution in [3.05, 3.63) is 35.9 Å². The molecule has 0 saturated heterocycles. The molecule has 1 amide bonds. The Morgan fingerprint density at radius 2 is 1.87 bits per heavy atom. The van der Waals surface area contributed by atoms with Crippen LogP contribution in [0, 0.1) is 0 Å². The summed E-state index contributed by atoms with van der Waals surface area (Å²) in [6.45, 7) is 0.764. The molecule has 23 heavy (non-hydrogen) atoms. The summed E-state index contributed by atoms with van der Waals surface area (Å²) in [5.41, 5.74) is 12.2. The molecule has 0 spiro atoms. The first-order valence-corrected chi connectivity index (χ1v) is 7.68. The molecule has 0 unspecified atom stereocenters. The fraction of sp³-hybridized carbons (Fsp3) is 0.533. The Hall–Kier alpha value is -1.12. The number of nitrogens with two attached hydrogens (primary N) is 2. The van der Waals surface area contributed by atoms with Gasteiger partial charge in [-0.1, -0.05) is 36.8 Å². The molecule has 8 heteroatoms. The zero-order valence-electron chi connectivity index (χ0n) is 13.2. The van der Waals surface area contributed by atoms with Gasteiger partial charge in [0.15, 0.2) is 0 Å². The predicted molar refractivity (Wildman–Crippen MR) is 95.2 cm³/mol. The topological polar surface area (TPSA) is 122 Å². The zero-order valence-corrected chi connectivity index (χ0v) is 14.0. The van der Waals surface area contributed by atoms with Crippen molar-refractivity contribution in [3.63, 3.8) is 0 Å². The van der Waals surface area contributed by atoms with E-state index in [-0.39, 0.29) is 24.9 Å². The first kappa shape index (κ1) is 21.9. The van der Waals surface area contributed by atoms with Crippen LogP contribution in [0.15, 0.2) is 30.3 Å². The molecule has 7 N–H and O–H groups in total. The molecular weight excluding hydrogens is 316 g/mol. The quantitative estimate of drug-likeness (QED) is 0.304. The zero-order chi connectivity index (χ0) is 16.4. The van der Waals surface area contributed by atoms with Gasteiger partial charge in [0.2, 0.25) is 5.91 Å². The van der Waals surface area contributed by atoms with Crippen LogP contribution in [0.5, 0.6) is 0 Å². The third kappa shape index (κ3) is 8.93. The lowest BCUT2D eigenvalue weighted by molar-refractivity contribution is -0.122. The Morgan fingerprint density at radius 1 is 1.22 bits per heavy atom. The summed E-state index contributed by atoms with van der Waals surface area (Å²) in [4.78, 5) is 11.9. The van der Waals surface area contributed by atoms with E-state index in [4.69, 9.17) is 11.5 Å². The van der Waals surface area contributed by atoms with Crippen molar-refractivity contribution < 1.29 is 14.8 Å². The molecule has 1 aromatic rings. The third-order valence-corrected chi connectivity index (χ3v) is 3.61. The standard InChI is InChI=1S/C15H26BN3O3.ClH/c17-9-5-4-8-14(18)15(20)19-11-13(16(21)22)10-12-6-2-1-3-7-12;/h1-3,6-7,13-14,21-22H,4-5,8-11,17-18H2,(H,19,20);1H/t13-,14+;/m1./s1. The molecule has 6 nitrogen and oxygen atoms in total. The van der Waals surface area contributed by atoms with Crippen LogP contribution in [0.25, 0.3) is 0 Å². The highest BCUT2D eigenvalue weighted by Gasteiger charge is 2.25. The van der Waals surface area contributed by atoms with E-state index in [1.165, 1.54) is 0 Å². The van der Waals surface area contributed by atoms with E-state index in [0.29, 0.717) is 19.4 Å². The second kappa shape index (κ2) is 12.3. The van der Waals surface area contributed by atoms with Gasteiger partial charge in [-0.25, -0.2) is 0 Å². The maximum atomic E-state index is 11.9. The molecule has 0 bridgehead atoms. The molecule has 0 aliphatic heterocycles. The van der Waals surface area contributed by atoms with E-state index >= 15 is 0 Å². The van der Waals surface area contributed by atoms with E-state index in [1.54, 1.807) is 0 Å². The van der Waals surface area contributed by atoms with Crippen molar-refractivity contribution in [2.75, 3.05) is 13.1 Å². The summed E-state index contributed by atoms with van der Waals surface area (Å²) >= 11 is 0. The molecule has 0 fully saturated rings. The highest BCUT2D eigenvalue weighted by atomic mass is 35.5. The molecule has 0 aromatic heterocycles. The van der Waals surface area contributed by atoms with Crippen LogP contribution in [-0.2, 0) is 11.2 Å². The van der Waals surface area contributed by atoms with Gasteiger partial charge in [-0.15, -0.1) is 12.4 Å². The SMILES string of the molecule is Cl.NCCCC[C@H](N)C(=O)NC[C@@H](Cc1ccccc1)B(O)O. The first-order chi connectivity index (χ1) is 10.5. The second-order valence-electron chi connectivity index (χ2n) is 5.50. The average molecular weight is 344 g/mol. The summed E-state index contributed by atoms with van der Waals surface area (Å²) in [7, 11) is -1.49. The van der Waals surface area contributed by atoms with Gasteiger partial charge in [-0.2, -0.15) is 0 Å². The van der Waals surface area contributed by atoms with Crippen molar-refractivity contribution in [1.29, 1.82) is 0 Å². The van der Waals surface area contributed by atoms with Crippen molar-refractivity contribution in [1.82, 2.24) is 5.32 Å². The van der Waals surface area contributed by atoms with Crippen molar-refractivity contribution in [2.24, 2.45) is 11.5 Å². The fourth-order valence-corrected chi connectivity index (χ4v) is 2.20. The van der Waals surface area contributed by atoms with Gasteiger partial charge in [0.25, 0.3) is 0 Å². The molecule has 2 atom stereocenters. The number of hydrogen-bond acceptors (Lipinski definition) is 5. The van der Waals surface area contributed by atoms with Crippen molar-refractivity contribution >= 4 is 25.4 Å². The minimum Gasteiger partial charge on any atom is -0.427 e. The number of amides is 1. The van der Waals surface area contributed by atoms with Crippen LogP contribution >= 0.6 is 12.4 Å². The van der Waals surface area contributed by atoms with Crippen LogP contribution in [0.4, 0.5) is 0 Å². The van der Waals surface area contributed by atoms with Crippen LogP contribution in [0.3, 0.4) is 0 Å². The van der Waals surface area contributed by atoms with E-state index in [9.17, 15) is 14.8 Å². The lowest BCUT2D eigenvalue weighted by Crippen LogP contribution is -2.43. The van der Waals surface area contributed by atoms with Gasteiger partial charge >= 0.3 is 7.12 Å². The summed E-state index contributed by atoms with van der Waals surface area (Å²) in [5, 5.41) is 21.6. The maximum Gasteiger partial charge on any atom is 0.456 e. The molecule has 0 saturated carbocycles. The summed E-state index contributed by atoms with van der Waals surface area (Å²) in [6, 6.07) is 8.92. The lowest BCUT2D eigenvalue weighted by atomic mass is 9.69. The Labute approximate surface area is 144 Å². The molecular formula is C15H27BClN3O3. The van der Waals surface area contributed by atoms with E-state index < -0.39 is 19.0 Å². The molecule has 0 aliphatic carbocycles. The Bertz CT molecular complexity index is 437. The summed E-state index contributed by atoms with van der Waals surface area (Å²) < 4.78 is 0. The van der Waals surface area contributed by atoms with E-state index in [2.05, 4.69) is 5.32 Å². The second-order valence-corrected chi connectivity index (χ2v) is 5.50. The van der Waals surface area contributed by atoms with Gasteiger partial charge in [0, 0.05) is 12.4 Å². The highest BCUT2D eigenvalue weighted by Crippen LogP contribution is 2.14. The van der Waals surface area contributed by atoms with Crippen molar-refractivity contribution in [2.45, 2.75) is 37.5 Å². The molecule has 1 rings (SSSR count). The maximum absolute atomic E-state index is 11.9. The monoisotopic (exact) mass is 343 g/mol. The molecule has 0 aliphatic rings. The number of rotatable bonds is 10. The Morgan fingerprint density at radius 3 is 2.43 bits per heavy atom. The molecule has 1 aromatic carbocycles. The number of nitrogens with one attached hydrogen (secondary N) is 1. The minimum atomic E-state index is -1.49. The van der Waals surface area contributed by atoms with Gasteiger partial charge in [-0.05, 0) is 31.4 Å². The number of hydrogen-bond donors (Lipinski definition) is 5. The van der Waals surface area contributed by atoms with Gasteiger partial charge in [0.1, 0.15) is 0 Å². The number of halogens is 1. The fourth-order valence-electron chi connectivity index (χ4n) is 2.20.